The van der Waals surface area contributed by atoms with Gasteiger partial charge in [-0.05, 0) is 89.2 Å². The van der Waals surface area contributed by atoms with Gasteiger partial charge in [-0.3, -0.25) is 19.3 Å². The summed E-state index contributed by atoms with van der Waals surface area (Å²) in [6, 6.07) is 5.49. The van der Waals surface area contributed by atoms with E-state index < -0.39 is 0 Å². The first-order valence-corrected chi connectivity index (χ1v) is 14.1. The van der Waals surface area contributed by atoms with E-state index in [1.165, 1.54) is 25.7 Å². The van der Waals surface area contributed by atoms with Crippen molar-refractivity contribution in [3.63, 3.8) is 0 Å². The topological polar surface area (TPSA) is 76.2 Å². The summed E-state index contributed by atoms with van der Waals surface area (Å²) < 4.78 is 0. The first kappa shape index (κ1) is 25.1. The zero-order valence-electron chi connectivity index (χ0n) is 21.6. The van der Waals surface area contributed by atoms with Crippen LogP contribution in [0.3, 0.4) is 0 Å². The van der Waals surface area contributed by atoms with Crippen LogP contribution >= 0.6 is 0 Å². The average molecular weight is 496 g/mol. The average Bonchev–Trinajstić information content (AvgIpc) is 3.32. The number of likely N-dealkylation sites (tertiary alicyclic amines) is 2. The number of hydrogen-bond acceptors (Lipinski definition) is 5. The molecule has 3 fully saturated rings. The molecular weight excluding hydrogens is 454 g/mol. The lowest BCUT2D eigenvalue weighted by atomic mass is 9.95. The van der Waals surface area contributed by atoms with Gasteiger partial charge in [0.2, 0.25) is 11.8 Å². The number of nitrogens with one attached hydrogen (secondary N) is 1. The molecule has 4 aliphatic rings. The summed E-state index contributed by atoms with van der Waals surface area (Å²) in [5.74, 6) is -0.139. The van der Waals surface area contributed by atoms with E-state index in [0.29, 0.717) is 17.8 Å². The van der Waals surface area contributed by atoms with Gasteiger partial charge in [-0.2, -0.15) is 0 Å². The zero-order valence-corrected chi connectivity index (χ0v) is 21.6. The second kappa shape index (κ2) is 11.6. The van der Waals surface area contributed by atoms with Crippen molar-refractivity contribution in [1.82, 2.24) is 15.1 Å². The highest BCUT2D eigenvalue weighted by molar-refractivity contribution is 6.09. The number of piperidine rings is 1. The number of amides is 3. The minimum absolute atomic E-state index is 0.00124. The molecule has 3 amide bonds. The van der Waals surface area contributed by atoms with E-state index >= 15 is 0 Å². The lowest BCUT2D eigenvalue weighted by Crippen LogP contribution is -2.57. The van der Waals surface area contributed by atoms with Crippen LogP contribution in [0.4, 0.5) is 11.4 Å². The Balaban J connectivity index is 1.26. The molecule has 1 atom stereocenters. The molecule has 8 heteroatoms. The van der Waals surface area contributed by atoms with Crippen LogP contribution in [0.1, 0.15) is 74.6 Å². The van der Waals surface area contributed by atoms with E-state index in [1.807, 2.05) is 23.1 Å². The number of rotatable bonds is 7. The first-order chi connectivity index (χ1) is 17.6. The van der Waals surface area contributed by atoms with Crippen molar-refractivity contribution in [2.24, 2.45) is 0 Å². The molecule has 4 aliphatic heterocycles. The molecule has 0 saturated carbocycles. The van der Waals surface area contributed by atoms with Crippen molar-refractivity contribution < 1.29 is 14.4 Å². The molecular formula is C28H41N5O3. The molecule has 0 aromatic heterocycles. The summed E-state index contributed by atoms with van der Waals surface area (Å²) in [4.78, 5) is 47.8. The molecule has 5 rings (SSSR count). The third kappa shape index (κ3) is 5.53. The van der Waals surface area contributed by atoms with Crippen molar-refractivity contribution in [1.29, 1.82) is 0 Å². The Labute approximate surface area is 215 Å². The number of carbonyl (C=O) groups is 3. The van der Waals surface area contributed by atoms with Crippen LogP contribution < -0.4 is 15.1 Å². The Bertz CT molecular complexity index is 953. The van der Waals surface area contributed by atoms with Crippen LogP contribution in [-0.4, -0.2) is 85.9 Å². The molecule has 4 heterocycles. The van der Waals surface area contributed by atoms with Crippen LogP contribution in [0.25, 0.3) is 0 Å². The van der Waals surface area contributed by atoms with E-state index in [9.17, 15) is 14.4 Å². The Kier molecular flexibility index (Phi) is 8.09. The highest BCUT2D eigenvalue weighted by Gasteiger charge is 2.40. The molecule has 0 aliphatic carbocycles. The number of anilines is 2. The predicted molar refractivity (Wildman–Crippen MR) is 141 cm³/mol. The largest absolute Gasteiger partial charge is 0.358 e. The van der Waals surface area contributed by atoms with E-state index in [2.05, 4.69) is 15.1 Å². The van der Waals surface area contributed by atoms with Gasteiger partial charge in [0.05, 0.1) is 11.4 Å². The summed E-state index contributed by atoms with van der Waals surface area (Å²) in [6.45, 7) is 6.34. The molecule has 8 nitrogen and oxygen atoms in total. The second-order valence-corrected chi connectivity index (χ2v) is 10.8. The molecule has 1 aromatic rings. The fourth-order valence-electron chi connectivity index (χ4n) is 6.25. The Morgan fingerprint density at radius 2 is 1.58 bits per heavy atom. The van der Waals surface area contributed by atoms with Crippen LogP contribution in [0, 0.1) is 0 Å². The van der Waals surface area contributed by atoms with Crippen molar-refractivity contribution in [3.8, 4) is 0 Å². The molecule has 0 bridgehead atoms. The fraction of sp³-hybridized carbons (Fsp3) is 0.679. The molecule has 1 aromatic carbocycles. The van der Waals surface area contributed by atoms with Crippen molar-refractivity contribution in [3.05, 3.63) is 23.8 Å². The quantitative estimate of drug-likeness (QED) is 0.589. The number of carbonyl (C=O) groups excluding carboxylic acids is 3. The van der Waals surface area contributed by atoms with Gasteiger partial charge < -0.3 is 20.0 Å². The number of benzene rings is 1. The smallest absolute Gasteiger partial charge is 0.253 e. The predicted octanol–water partition coefficient (Wildman–Crippen LogP) is 3.01. The van der Waals surface area contributed by atoms with Gasteiger partial charge in [0, 0.05) is 31.7 Å². The summed E-state index contributed by atoms with van der Waals surface area (Å²) in [7, 11) is 0. The van der Waals surface area contributed by atoms with E-state index in [-0.39, 0.29) is 30.3 Å². The normalized spacial score (nSPS) is 22.7. The van der Waals surface area contributed by atoms with Crippen LogP contribution in [0.2, 0.25) is 0 Å². The summed E-state index contributed by atoms with van der Waals surface area (Å²) >= 11 is 0. The van der Waals surface area contributed by atoms with Gasteiger partial charge in [-0.15, -0.1) is 0 Å². The molecule has 0 spiro atoms. The Hall–Kier alpha value is -2.61. The fourth-order valence-corrected chi connectivity index (χ4v) is 6.25. The third-order valence-corrected chi connectivity index (χ3v) is 8.24. The van der Waals surface area contributed by atoms with Crippen LogP contribution in [-0.2, 0) is 9.59 Å². The molecule has 0 radical (unpaired) electrons. The number of hydrogen-bond donors (Lipinski definition) is 1. The first-order valence-electron chi connectivity index (χ1n) is 14.1. The van der Waals surface area contributed by atoms with Gasteiger partial charge in [0.25, 0.3) is 5.91 Å². The maximum atomic E-state index is 13.6. The molecule has 196 valence electrons. The van der Waals surface area contributed by atoms with Crippen molar-refractivity contribution >= 4 is 29.1 Å². The lowest BCUT2D eigenvalue weighted by molar-refractivity contribution is -0.125. The lowest BCUT2D eigenvalue weighted by Gasteiger charge is -2.45. The minimum atomic E-state index is -0.220. The highest BCUT2D eigenvalue weighted by atomic mass is 16.2. The van der Waals surface area contributed by atoms with Crippen molar-refractivity contribution in [2.75, 3.05) is 62.2 Å². The maximum Gasteiger partial charge on any atom is 0.253 e. The van der Waals surface area contributed by atoms with Gasteiger partial charge in [0.15, 0.2) is 0 Å². The monoisotopic (exact) mass is 495 g/mol. The van der Waals surface area contributed by atoms with Gasteiger partial charge >= 0.3 is 0 Å². The SMILES string of the molecule is O=C(CN1C(=O)[C@@H]2CCCCN2c2ccc(C(=O)N3CCCC3)cc21)NCCCN1CCCCCC1. The summed E-state index contributed by atoms with van der Waals surface area (Å²) in [5.41, 5.74) is 2.26. The Morgan fingerprint density at radius 3 is 2.36 bits per heavy atom. The highest BCUT2D eigenvalue weighted by Crippen LogP contribution is 2.40. The van der Waals surface area contributed by atoms with Crippen molar-refractivity contribution in [2.45, 2.75) is 70.3 Å². The molecule has 36 heavy (non-hydrogen) atoms. The van der Waals surface area contributed by atoms with Gasteiger partial charge in [-0.1, -0.05) is 12.8 Å². The van der Waals surface area contributed by atoms with E-state index in [0.717, 1.165) is 83.5 Å². The van der Waals surface area contributed by atoms with Gasteiger partial charge in [-0.25, -0.2) is 0 Å². The summed E-state index contributed by atoms with van der Waals surface area (Å²) in [5, 5.41) is 3.04. The zero-order chi connectivity index (χ0) is 24.9. The maximum absolute atomic E-state index is 13.6. The molecule has 1 N–H and O–H groups in total. The Morgan fingerprint density at radius 1 is 0.861 bits per heavy atom. The minimum Gasteiger partial charge on any atom is -0.358 e. The van der Waals surface area contributed by atoms with Crippen LogP contribution in [0.5, 0.6) is 0 Å². The number of nitrogens with zero attached hydrogens (tertiary/aromatic N) is 4. The third-order valence-electron chi connectivity index (χ3n) is 8.24. The van der Waals surface area contributed by atoms with Gasteiger partial charge in [0.1, 0.15) is 12.6 Å². The number of fused-ring (bicyclic) bond motifs is 3. The standard InChI is InChI=1S/C28H41N5O3/c34-26(29-13-9-16-30-14-4-1-2-5-15-30)21-33-25-20-22(27(35)31-17-7-8-18-31)11-12-23(25)32-19-6-3-10-24(32)28(33)36/h11-12,20,24H,1-10,13-19,21H2,(H,29,34)/t24-/m0/s1. The molecule has 3 saturated heterocycles. The van der Waals surface area contributed by atoms with E-state index in [4.69, 9.17) is 0 Å². The van der Waals surface area contributed by atoms with Crippen LogP contribution in [0.15, 0.2) is 18.2 Å². The summed E-state index contributed by atoms with van der Waals surface area (Å²) in [6.07, 6.45) is 11.0. The molecule has 0 unspecified atom stereocenters. The second-order valence-electron chi connectivity index (χ2n) is 10.8. The van der Waals surface area contributed by atoms with E-state index in [1.54, 1.807) is 4.90 Å².